The molecule has 14 N–H and O–H groups in total. The van der Waals surface area contributed by atoms with E-state index in [1.165, 1.54) is 0 Å². The summed E-state index contributed by atoms with van der Waals surface area (Å²) in [6.45, 7) is 0.718. The maximum Gasteiger partial charge on any atom is 0.326 e. The number of benzene rings is 2. The van der Waals surface area contributed by atoms with E-state index in [0.717, 1.165) is 41.5 Å². The van der Waals surface area contributed by atoms with Crippen LogP contribution in [0.15, 0.2) is 53.5 Å². The Morgan fingerprint density at radius 2 is 1.45 bits per heavy atom. The number of rotatable bonds is 20. The van der Waals surface area contributed by atoms with Gasteiger partial charge < -0.3 is 58.1 Å². The number of hydrogen-bond acceptors (Lipinski definition) is 14. The van der Waals surface area contributed by atoms with Gasteiger partial charge in [0, 0.05) is 19.5 Å². The number of guanidine groups is 1. The van der Waals surface area contributed by atoms with E-state index in [2.05, 4.69) is 37.7 Å². The fourth-order valence-electron chi connectivity index (χ4n) is 6.61. The summed E-state index contributed by atoms with van der Waals surface area (Å²) < 4.78 is 0. The Morgan fingerprint density at radius 3 is 2.03 bits per heavy atom. The van der Waals surface area contributed by atoms with Crippen LogP contribution in [-0.2, 0) is 22.4 Å². The van der Waals surface area contributed by atoms with Crippen molar-refractivity contribution >= 4 is 47.0 Å². The summed E-state index contributed by atoms with van der Waals surface area (Å²) in [5.74, 6) is -2.48. The van der Waals surface area contributed by atoms with Crippen LogP contribution < -0.4 is 27.8 Å². The first-order valence-electron chi connectivity index (χ1n) is 19.1. The van der Waals surface area contributed by atoms with Crippen molar-refractivity contribution in [3.8, 4) is 11.1 Å². The second kappa shape index (κ2) is 22.3. The molecule has 1 aromatic heterocycles. The molecule has 0 bridgehead atoms. The predicted octanol–water partition coefficient (Wildman–Crippen LogP) is 0.0688. The molecular formula is C39H54ClN9O9. The summed E-state index contributed by atoms with van der Waals surface area (Å²) in [6, 6.07) is 15.0. The van der Waals surface area contributed by atoms with E-state index in [-0.39, 0.29) is 59.7 Å². The Hall–Kier alpha value is -4.95. The first-order valence-corrected chi connectivity index (χ1v) is 19.5. The minimum Gasteiger partial charge on any atom is -0.480 e. The number of aliphatic imine (C=N–C) groups is 1. The summed E-state index contributed by atoms with van der Waals surface area (Å²) in [7, 11) is 0. The van der Waals surface area contributed by atoms with E-state index >= 15 is 0 Å². The molecular weight excluding hydrogens is 774 g/mol. The Balaban J connectivity index is 1.14. The number of β-amino-alcohol motifs (C(OH)–C–C–N with tert-alkyl or cyclic N) is 1. The standard InChI is InChI=1S/C39H54ClN9O9/c40-34-36(42)47-35(41)31(46-34)37(56)48-39(43)44-16-2-1-3-22-4-9-25(10-5-22)26-11-6-23(7-12-26)8-13-30(53)45-27(38(57)58)19-24-14-17-49(18-15-24)20-28(51)32(54)33(55)29(52)21-50/h4-7,9-12,24,27-29,32-33,50-52,54-55H,1-3,8,13-21H2,(H,45,53)(H,57,58)(H4,41,42,47)(H3,43,44,48,56)/t27-,28-,29+,32+,33+/m0/s1. The molecule has 58 heavy (non-hydrogen) atoms. The zero-order valence-corrected chi connectivity index (χ0v) is 32.8. The lowest BCUT2D eigenvalue weighted by Gasteiger charge is -2.35. The van der Waals surface area contributed by atoms with E-state index in [9.17, 15) is 39.9 Å². The van der Waals surface area contributed by atoms with Crippen LogP contribution >= 0.6 is 11.6 Å². The lowest BCUT2D eigenvalue weighted by molar-refractivity contribution is -0.142. The number of halogens is 1. The van der Waals surface area contributed by atoms with Gasteiger partial charge in [-0.15, -0.1) is 0 Å². The SMILES string of the molecule is NC(=NCCCCc1ccc(-c2ccc(CCC(=O)N[C@@H](CC3CCN(C[C@H](O)[C@@H](O)[C@H](O)[C@H](O)CO)CC3)C(=O)O)cc2)cc1)NC(=O)c1nc(Cl)c(N)nc1N. The number of carboxylic acids is 1. The highest BCUT2D eigenvalue weighted by Gasteiger charge is 2.33. The van der Waals surface area contributed by atoms with Gasteiger partial charge in [-0.3, -0.25) is 19.9 Å². The van der Waals surface area contributed by atoms with Gasteiger partial charge in [0.25, 0.3) is 5.91 Å². The maximum absolute atomic E-state index is 12.8. The van der Waals surface area contributed by atoms with Crippen molar-refractivity contribution in [2.75, 3.05) is 44.3 Å². The van der Waals surface area contributed by atoms with Crippen molar-refractivity contribution in [3.63, 3.8) is 0 Å². The van der Waals surface area contributed by atoms with Crippen LogP contribution in [0.25, 0.3) is 11.1 Å². The van der Waals surface area contributed by atoms with Crippen LogP contribution in [0.1, 0.15) is 60.1 Å². The molecule has 1 fully saturated rings. The highest BCUT2D eigenvalue weighted by molar-refractivity contribution is 6.31. The maximum atomic E-state index is 12.8. The van der Waals surface area contributed by atoms with Gasteiger partial charge in [-0.2, -0.15) is 0 Å². The number of nitrogens with zero attached hydrogens (tertiary/aromatic N) is 4. The lowest BCUT2D eigenvalue weighted by atomic mass is 9.89. The van der Waals surface area contributed by atoms with Crippen LogP contribution in [-0.4, -0.2) is 132 Å². The number of amides is 2. The zero-order valence-electron chi connectivity index (χ0n) is 32.1. The number of likely N-dealkylation sites (tertiary alicyclic amines) is 1. The van der Waals surface area contributed by atoms with Crippen molar-refractivity contribution in [1.29, 1.82) is 0 Å². The molecule has 0 unspecified atom stereocenters. The molecule has 1 saturated heterocycles. The van der Waals surface area contributed by atoms with Crippen molar-refractivity contribution < 1.29 is 45.0 Å². The molecule has 1 aliphatic heterocycles. The largest absolute Gasteiger partial charge is 0.480 e. The number of carbonyl (C=O) groups excluding carboxylic acids is 2. The lowest BCUT2D eigenvalue weighted by Crippen LogP contribution is -2.51. The monoisotopic (exact) mass is 827 g/mol. The van der Waals surface area contributed by atoms with Crippen molar-refractivity contribution in [3.05, 3.63) is 70.5 Å². The van der Waals surface area contributed by atoms with Crippen LogP contribution in [0.3, 0.4) is 0 Å². The fraction of sp³-hybridized carbons (Fsp3) is 0.487. The van der Waals surface area contributed by atoms with Gasteiger partial charge in [-0.25, -0.2) is 14.8 Å². The number of aliphatic carboxylic acids is 1. The Kier molecular flexibility index (Phi) is 17.6. The number of carbonyl (C=O) groups is 3. The number of nitrogen functional groups attached to an aromatic ring is 2. The minimum atomic E-state index is -1.70. The van der Waals surface area contributed by atoms with E-state index < -0.39 is 48.9 Å². The number of nitrogens with two attached hydrogens (primary N) is 3. The molecule has 3 aromatic rings. The topological polar surface area (TPSA) is 316 Å². The van der Waals surface area contributed by atoms with Gasteiger partial charge in [0.15, 0.2) is 28.4 Å². The van der Waals surface area contributed by atoms with Gasteiger partial charge in [-0.1, -0.05) is 60.1 Å². The van der Waals surface area contributed by atoms with Gasteiger partial charge in [0.1, 0.15) is 24.4 Å². The number of aromatic nitrogens is 2. The fourth-order valence-corrected chi connectivity index (χ4v) is 6.74. The van der Waals surface area contributed by atoms with Gasteiger partial charge in [0.05, 0.1) is 12.7 Å². The van der Waals surface area contributed by atoms with Gasteiger partial charge in [0.2, 0.25) is 5.91 Å². The molecule has 0 radical (unpaired) electrons. The Bertz CT molecular complexity index is 1850. The molecule has 0 spiro atoms. The summed E-state index contributed by atoms with van der Waals surface area (Å²) in [5.41, 5.74) is 21.0. The molecule has 0 saturated carbocycles. The number of aliphatic hydroxyl groups excluding tert-OH is 5. The van der Waals surface area contributed by atoms with E-state index in [1.807, 2.05) is 41.3 Å². The van der Waals surface area contributed by atoms with E-state index in [4.69, 9.17) is 33.9 Å². The van der Waals surface area contributed by atoms with Crippen molar-refractivity contribution in [2.45, 2.75) is 81.8 Å². The van der Waals surface area contributed by atoms with Crippen molar-refractivity contribution in [2.24, 2.45) is 16.6 Å². The summed E-state index contributed by atoms with van der Waals surface area (Å²) in [5, 5.41) is 63.5. The summed E-state index contributed by atoms with van der Waals surface area (Å²) in [4.78, 5) is 50.8. The highest BCUT2D eigenvalue weighted by atomic mass is 35.5. The average Bonchev–Trinajstić information content (AvgIpc) is 3.21. The van der Waals surface area contributed by atoms with Gasteiger partial charge in [-0.05, 0) is 86.2 Å². The molecule has 2 amide bonds. The normalized spacial score (nSPS) is 16.6. The number of nitrogens with one attached hydrogen (secondary N) is 2. The molecule has 19 heteroatoms. The third kappa shape index (κ3) is 13.9. The third-order valence-electron chi connectivity index (χ3n) is 10.1. The number of anilines is 2. The van der Waals surface area contributed by atoms with E-state index in [1.54, 1.807) is 0 Å². The molecule has 4 rings (SSSR count). The second-order valence-electron chi connectivity index (χ2n) is 14.4. The minimum absolute atomic E-state index is 0.0243. The van der Waals surface area contributed by atoms with Crippen LogP contribution in [0.5, 0.6) is 0 Å². The molecule has 1 aliphatic rings. The van der Waals surface area contributed by atoms with Crippen LogP contribution in [0.4, 0.5) is 11.6 Å². The first kappa shape index (κ1) is 45.7. The number of unbranched alkanes of at least 4 members (excludes halogenated alkanes) is 1. The third-order valence-corrected chi connectivity index (χ3v) is 10.4. The average molecular weight is 828 g/mol. The number of aryl methyl sites for hydroxylation is 2. The molecule has 316 valence electrons. The van der Waals surface area contributed by atoms with Crippen LogP contribution in [0, 0.1) is 5.92 Å². The van der Waals surface area contributed by atoms with Crippen molar-refractivity contribution in [1.82, 2.24) is 25.5 Å². The highest BCUT2D eigenvalue weighted by Crippen LogP contribution is 2.24. The van der Waals surface area contributed by atoms with Gasteiger partial charge >= 0.3 is 5.97 Å². The molecule has 0 aliphatic carbocycles. The molecule has 2 aromatic carbocycles. The summed E-state index contributed by atoms with van der Waals surface area (Å²) >= 11 is 5.83. The van der Waals surface area contributed by atoms with E-state index in [0.29, 0.717) is 38.9 Å². The summed E-state index contributed by atoms with van der Waals surface area (Å²) in [6.07, 6.45) is -1.79. The quantitative estimate of drug-likeness (QED) is 0.0408. The molecule has 18 nitrogen and oxygen atoms in total. The zero-order chi connectivity index (χ0) is 42.4. The Morgan fingerprint density at radius 1 is 0.862 bits per heavy atom. The Labute approximate surface area is 341 Å². The first-order chi connectivity index (χ1) is 27.6. The molecule has 5 atom stereocenters. The second-order valence-corrected chi connectivity index (χ2v) is 14.8. The predicted molar refractivity (Wildman–Crippen MR) is 217 cm³/mol. The van der Waals surface area contributed by atoms with Crippen LogP contribution in [0.2, 0.25) is 5.15 Å². The number of aliphatic hydroxyl groups is 5. The number of hydrogen-bond donors (Lipinski definition) is 11. The smallest absolute Gasteiger partial charge is 0.326 e. The number of piperidine rings is 1. The number of carboxylic acid groups (broad SMARTS) is 1. The molecule has 2 heterocycles.